The maximum Gasteiger partial charge on any atom is 0.255 e. The van der Waals surface area contributed by atoms with Gasteiger partial charge in [0.25, 0.3) is 5.56 Å². The Bertz CT molecular complexity index is 736. The Morgan fingerprint density at radius 2 is 2.08 bits per heavy atom. The molecule has 1 heterocycles. The highest BCUT2D eigenvalue weighted by atomic mass is 35.5. The molecule has 1 aliphatic carbocycles. The number of benzene rings is 1. The fraction of sp³-hybridized carbons (Fsp3) is 0.526. The van der Waals surface area contributed by atoms with Gasteiger partial charge in [-0.25, -0.2) is 0 Å². The van der Waals surface area contributed by atoms with Crippen LogP contribution in [0, 0.1) is 0 Å². The number of pyridine rings is 1. The summed E-state index contributed by atoms with van der Waals surface area (Å²) < 4.78 is 6.14. The molecule has 130 valence electrons. The summed E-state index contributed by atoms with van der Waals surface area (Å²) in [5.74, 6) is 0.678. The van der Waals surface area contributed by atoms with Crippen molar-refractivity contribution >= 4 is 22.4 Å². The van der Waals surface area contributed by atoms with E-state index in [1.807, 2.05) is 12.1 Å². The molecule has 0 bridgehead atoms. The number of unbranched alkanes of at least 4 members (excludes halogenated alkanes) is 1. The van der Waals surface area contributed by atoms with Crippen LogP contribution in [0.25, 0.3) is 10.8 Å². The molecule has 3 rings (SSSR count). The summed E-state index contributed by atoms with van der Waals surface area (Å²) in [6.07, 6.45) is 8.66. The van der Waals surface area contributed by atoms with E-state index in [1.165, 1.54) is 12.8 Å². The summed E-state index contributed by atoms with van der Waals surface area (Å²) in [5, 5.41) is 5.58. The number of hydrogen-bond donors (Lipinski definition) is 2. The van der Waals surface area contributed by atoms with E-state index in [1.54, 1.807) is 12.3 Å². The van der Waals surface area contributed by atoms with Crippen LogP contribution in [-0.2, 0) is 0 Å². The van der Waals surface area contributed by atoms with E-state index in [0.29, 0.717) is 22.2 Å². The van der Waals surface area contributed by atoms with Crippen LogP contribution in [0.5, 0.6) is 5.75 Å². The lowest BCUT2D eigenvalue weighted by molar-refractivity contribution is 0.140. The number of nitrogens with one attached hydrogen (secondary N) is 2. The van der Waals surface area contributed by atoms with E-state index in [-0.39, 0.29) is 11.7 Å². The molecule has 5 heteroatoms. The molecule has 0 spiro atoms. The summed E-state index contributed by atoms with van der Waals surface area (Å²) in [6, 6.07) is 6.05. The van der Waals surface area contributed by atoms with Gasteiger partial charge in [0.05, 0.1) is 11.1 Å². The molecule has 1 aliphatic rings. The van der Waals surface area contributed by atoms with Gasteiger partial charge in [-0.05, 0) is 62.2 Å². The molecule has 24 heavy (non-hydrogen) atoms. The summed E-state index contributed by atoms with van der Waals surface area (Å²) >= 11 is 6.32. The summed E-state index contributed by atoms with van der Waals surface area (Å²) in [4.78, 5) is 14.5. The molecule has 0 amide bonds. The molecule has 1 fully saturated rings. The Kier molecular flexibility index (Phi) is 5.80. The van der Waals surface area contributed by atoms with Crippen LogP contribution in [-0.4, -0.2) is 23.7 Å². The summed E-state index contributed by atoms with van der Waals surface area (Å²) in [7, 11) is 0. The van der Waals surface area contributed by atoms with Crippen LogP contribution < -0.4 is 15.6 Å². The number of aromatic nitrogens is 1. The quantitative estimate of drug-likeness (QED) is 0.767. The summed E-state index contributed by atoms with van der Waals surface area (Å²) in [5.41, 5.74) is -0.125. The Hall–Kier alpha value is -1.52. The predicted molar refractivity (Wildman–Crippen MR) is 99.2 cm³/mol. The van der Waals surface area contributed by atoms with Gasteiger partial charge in [-0.2, -0.15) is 0 Å². The first kappa shape index (κ1) is 17.3. The lowest BCUT2D eigenvalue weighted by Gasteiger charge is -2.30. The first-order valence-corrected chi connectivity index (χ1v) is 9.26. The lowest BCUT2D eigenvalue weighted by atomic mass is 9.93. The first-order valence-electron chi connectivity index (χ1n) is 8.88. The second kappa shape index (κ2) is 8.04. The number of hydrogen-bond acceptors (Lipinski definition) is 3. The zero-order chi connectivity index (χ0) is 16.9. The normalized spacial score (nSPS) is 21.1. The molecule has 2 N–H and O–H groups in total. The van der Waals surface area contributed by atoms with Gasteiger partial charge in [-0.1, -0.05) is 24.9 Å². The fourth-order valence-corrected chi connectivity index (χ4v) is 3.53. The van der Waals surface area contributed by atoms with Gasteiger partial charge >= 0.3 is 0 Å². The molecular formula is C19H25ClN2O2. The van der Waals surface area contributed by atoms with Gasteiger partial charge in [-0.15, -0.1) is 0 Å². The van der Waals surface area contributed by atoms with Gasteiger partial charge < -0.3 is 15.0 Å². The SMILES string of the molecule is CCCCN[C@H]1CC[C@H](Oc2cc3cc[nH]c(=O)c3cc2Cl)CC1. The van der Waals surface area contributed by atoms with E-state index in [4.69, 9.17) is 16.3 Å². The molecule has 1 aromatic carbocycles. The Morgan fingerprint density at radius 1 is 1.29 bits per heavy atom. The van der Waals surface area contributed by atoms with E-state index < -0.39 is 0 Å². The van der Waals surface area contributed by atoms with Gasteiger partial charge in [0.2, 0.25) is 0 Å². The third-order valence-corrected chi connectivity index (χ3v) is 5.05. The standard InChI is InChI=1S/C19H25ClN2O2/c1-2-3-9-21-14-4-6-15(7-5-14)24-18-11-13-8-10-22-19(23)16(13)12-17(18)20/h8,10-12,14-15,21H,2-7,9H2,1H3,(H,22,23)/t14-,15-. The van der Waals surface area contributed by atoms with Gasteiger partial charge in [0, 0.05) is 17.6 Å². The second-order valence-electron chi connectivity index (χ2n) is 6.58. The molecule has 0 saturated heterocycles. The monoisotopic (exact) mass is 348 g/mol. The van der Waals surface area contributed by atoms with Crippen molar-refractivity contribution in [3.05, 3.63) is 39.8 Å². The minimum absolute atomic E-state index is 0.125. The van der Waals surface area contributed by atoms with Crippen LogP contribution in [0.4, 0.5) is 0 Å². The van der Waals surface area contributed by atoms with Crippen LogP contribution in [0.1, 0.15) is 45.4 Å². The maximum absolute atomic E-state index is 11.8. The number of halogens is 1. The van der Waals surface area contributed by atoms with Crippen molar-refractivity contribution < 1.29 is 4.74 Å². The molecule has 0 atom stereocenters. The van der Waals surface area contributed by atoms with Crippen LogP contribution in [0.2, 0.25) is 5.02 Å². The maximum atomic E-state index is 11.8. The van der Waals surface area contributed by atoms with Crippen LogP contribution >= 0.6 is 11.6 Å². The zero-order valence-electron chi connectivity index (χ0n) is 14.1. The number of ether oxygens (including phenoxy) is 1. The fourth-order valence-electron chi connectivity index (χ4n) is 3.33. The van der Waals surface area contributed by atoms with E-state index in [2.05, 4.69) is 17.2 Å². The van der Waals surface area contributed by atoms with Gasteiger partial charge in [0.1, 0.15) is 5.75 Å². The molecule has 1 aromatic heterocycles. The lowest BCUT2D eigenvalue weighted by Crippen LogP contribution is -2.36. The van der Waals surface area contributed by atoms with Crippen molar-refractivity contribution in [2.75, 3.05) is 6.54 Å². The van der Waals surface area contributed by atoms with Crippen LogP contribution in [0.15, 0.2) is 29.2 Å². The topological polar surface area (TPSA) is 54.1 Å². The highest BCUT2D eigenvalue weighted by molar-refractivity contribution is 6.32. The average Bonchev–Trinajstić information content (AvgIpc) is 2.58. The van der Waals surface area contributed by atoms with Crippen molar-refractivity contribution in [2.45, 2.75) is 57.6 Å². The number of aromatic amines is 1. The van der Waals surface area contributed by atoms with Crippen molar-refractivity contribution in [1.82, 2.24) is 10.3 Å². The van der Waals surface area contributed by atoms with Gasteiger partial charge in [0.15, 0.2) is 0 Å². The first-order chi connectivity index (χ1) is 11.7. The second-order valence-corrected chi connectivity index (χ2v) is 6.98. The molecule has 2 aromatic rings. The third-order valence-electron chi connectivity index (χ3n) is 4.76. The summed E-state index contributed by atoms with van der Waals surface area (Å²) in [6.45, 7) is 3.32. The Morgan fingerprint density at radius 3 is 2.83 bits per heavy atom. The van der Waals surface area contributed by atoms with Crippen LogP contribution in [0.3, 0.4) is 0 Å². The smallest absolute Gasteiger partial charge is 0.255 e. The Labute approximate surface area is 147 Å². The minimum atomic E-state index is -0.125. The minimum Gasteiger partial charge on any atom is -0.489 e. The van der Waals surface area contributed by atoms with Crippen molar-refractivity contribution in [3.63, 3.8) is 0 Å². The van der Waals surface area contributed by atoms with E-state index >= 15 is 0 Å². The Balaban J connectivity index is 1.62. The van der Waals surface area contributed by atoms with Crippen molar-refractivity contribution in [1.29, 1.82) is 0 Å². The van der Waals surface area contributed by atoms with Crippen molar-refractivity contribution in [3.8, 4) is 5.75 Å². The van der Waals surface area contributed by atoms with E-state index in [9.17, 15) is 4.79 Å². The third kappa shape index (κ3) is 4.11. The number of rotatable bonds is 6. The zero-order valence-corrected chi connectivity index (χ0v) is 14.9. The number of H-pyrrole nitrogens is 1. The molecule has 0 unspecified atom stereocenters. The molecule has 0 aliphatic heterocycles. The van der Waals surface area contributed by atoms with Gasteiger partial charge in [-0.3, -0.25) is 4.79 Å². The highest BCUT2D eigenvalue weighted by Crippen LogP contribution is 2.32. The largest absolute Gasteiger partial charge is 0.489 e. The molecule has 0 radical (unpaired) electrons. The molecular weight excluding hydrogens is 324 g/mol. The van der Waals surface area contributed by atoms with Crippen molar-refractivity contribution in [2.24, 2.45) is 0 Å². The predicted octanol–water partition coefficient (Wildman–Crippen LogP) is 4.26. The highest BCUT2D eigenvalue weighted by Gasteiger charge is 2.22. The van der Waals surface area contributed by atoms with E-state index in [0.717, 1.165) is 37.6 Å². The average molecular weight is 349 g/mol. The number of fused-ring (bicyclic) bond motifs is 1. The molecule has 1 saturated carbocycles. The molecule has 4 nitrogen and oxygen atoms in total.